The van der Waals surface area contributed by atoms with E-state index in [0.717, 1.165) is 30.8 Å². The van der Waals surface area contributed by atoms with Crippen molar-refractivity contribution >= 4 is 40.3 Å². The number of aromatic nitrogens is 2. The van der Waals surface area contributed by atoms with Crippen molar-refractivity contribution in [2.24, 2.45) is 11.8 Å². The van der Waals surface area contributed by atoms with E-state index in [9.17, 15) is 4.79 Å². The van der Waals surface area contributed by atoms with Gasteiger partial charge in [-0.25, -0.2) is 4.79 Å². The molecule has 1 aromatic carbocycles. The molecule has 0 aliphatic heterocycles. The van der Waals surface area contributed by atoms with E-state index >= 15 is 0 Å². The van der Waals surface area contributed by atoms with Gasteiger partial charge in [-0.3, -0.25) is 4.68 Å². The average molecular weight is 571 g/mol. The molecule has 1 saturated carbocycles. The summed E-state index contributed by atoms with van der Waals surface area (Å²) in [5.41, 5.74) is 1.81. The minimum atomic E-state index is -0.460. The summed E-state index contributed by atoms with van der Waals surface area (Å²) in [6.45, 7) is 9.48. The topological polar surface area (TPSA) is 53.4 Å². The summed E-state index contributed by atoms with van der Waals surface area (Å²) in [5.74, 6) is 1.91. The molecule has 1 aromatic heterocycles. The van der Waals surface area contributed by atoms with Crippen molar-refractivity contribution in [1.29, 1.82) is 0 Å². The first kappa shape index (κ1) is 25.6. The number of halogens is 1. The average Bonchev–Trinajstić information content (AvgIpc) is 3.04. The molecular formula is C25H35IN2O3S. The maximum absolute atomic E-state index is 11.8. The van der Waals surface area contributed by atoms with Crippen LogP contribution < -0.4 is 0 Å². The number of hydrogen-bond acceptors (Lipinski definition) is 5. The highest BCUT2D eigenvalue weighted by Gasteiger charge is 2.25. The smallest absolute Gasteiger partial charge is 0.332 e. The number of hydrogen-bond donors (Lipinski definition) is 0. The van der Waals surface area contributed by atoms with Crippen molar-refractivity contribution in [2.75, 3.05) is 19.0 Å². The summed E-state index contributed by atoms with van der Waals surface area (Å²) in [6, 6.07) is 10.5. The molecule has 32 heavy (non-hydrogen) atoms. The van der Waals surface area contributed by atoms with Crippen molar-refractivity contribution in [3.63, 3.8) is 0 Å². The molecule has 0 spiro atoms. The van der Waals surface area contributed by atoms with Gasteiger partial charge in [-0.1, -0.05) is 37.3 Å². The van der Waals surface area contributed by atoms with Crippen LogP contribution in [0.4, 0.5) is 0 Å². The van der Waals surface area contributed by atoms with E-state index in [2.05, 4.69) is 58.5 Å². The lowest BCUT2D eigenvalue weighted by molar-refractivity contribution is -0.160. The molecule has 3 rings (SSSR count). The molecule has 0 amide bonds. The first-order chi connectivity index (χ1) is 15.3. The summed E-state index contributed by atoms with van der Waals surface area (Å²) in [5, 5.41) is 6.31. The summed E-state index contributed by atoms with van der Waals surface area (Å²) in [7, 11) is 0. The number of carbonyl (C=O) groups is 1. The number of nitrogens with zero attached hydrogens (tertiary/aromatic N) is 2. The van der Waals surface area contributed by atoms with Gasteiger partial charge in [0.1, 0.15) is 22.9 Å². The Balaban J connectivity index is 1.52. The summed E-state index contributed by atoms with van der Waals surface area (Å²) in [6.07, 6.45) is 4.62. The molecule has 0 bridgehead atoms. The molecule has 1 fully saturated rings. The fraction of sp³-hybridized carbons (Fsp3) is 0.600. The lowest BCUT2D eigenvalue weighted by Gasteiger charge is -2.28. The third kappa shape index (κ3) is 7.48. The molecule has 1 heterocycles. The lowest BCUT2D eigenvalue weighted by Crippen LogP contribution is -2.28. The van der Waals surface area contributed by atoms with Crippen molar-refractivity contribution in [2.45, 2.75) is 70.6 Å². The van der Waals surface area contributed by atoms with E-state index < -0.39 is 5.60 Å². The Morgan fingerprint density at radius 1 is 1.16 bits per heavy atom. The zero-order valence-corrected chi connectivity index (χ0v) is 22.6. The van der Waals surface area contributed by atoms with Crippen LogP contribution in [0.15, 0.2) is 35.4 Å². The predicted molar refractivity (Wildman–Crippen MR) is 139 cm³/mol. The van der Waals surface area contributed by atoms with Gasteiger partial charge in [0.05, 0.1) is 10.2 Å². The van der Waals surface area contributed by atoms with Crippen LogP contribution >= 0.6 is 34.4 Å². The second kappa shape index (κ2) is 11.9. The first-order valence-electron chi connectivity index (χ1n) is 11.5. The summed E-state index contributed by atoms with van der Waals surface area (Å²) in [4.78, 5) is 11.8. The highest BCUT2D eigenvalue weighted by molar-refractivity contribution is 14.1. The van der Waals surface area contributed by atoms with Crippen molar-refractivity contribution < 1.29 is 14.3 Å². The lowest BCUT2D eigenvalue weighted by atomic mass is 9.82. The van der Waals surface area contributed by atoms with Gasteiger partial charge in [0.15, 0.2) is 0 Å². The standard InChI is InChI=1S/C25H35IN2O3S/c1-5-32-24-22(26)23(20-9-7-6-8-10-20)27-28(24)15-18-11-13-19(14-12-18)16-30-17-21(29)31-25(2,3)4/h6-10,18-19H,5,11-17H2,1-4H3/t18-,19+. The highest BCUT2D eigenvalue weighted by Crippen LogP contribution is 2.36. The van der Waals surface area contributed by atoms with E-state index in [1.807, 2.05) is 38.6 Å². The zero-order chi connectivity index (χ0) is 23.1. The van der Waals surface area contributed by atoms with Gasteiger partial charge in [0.25, 0.3) is 0 Å². The fourth-order valence-electron chi connectivity index (χ4n) is 4.11. The van der Waals surface area contributed by atoms with E-state index in [1.54, 1.807) is 0 Å². The zero-order valence-electron chi connectivity index (χ0n) is 19.6. The molecule has 1 aliphatic rings. The Hall–Kier alpha value is -1.06. The Morgan fingerprint density at radius 2 is 1.81 bits per heavy atom. The summed E-state index contributed by atoms with van der Waals surface area (Å²) >= 11 is 4.34. The van der Waals surface area contributed by atoms with Gasteiger partial charge in [-0.15, -0.1) is 11.8 Å². The number of benzene rings is 1. The van der Waals surface area contributed by atoms with Crippen LogP contribution in [0.25, 0.3) is 11.3 Å². The molecule has 0 atom stereocenters. The third-order valence-corrected chi connectivity index (χ3v) is 7.93. The van der Waals surface area contributed by atoms with E-state index in [-0.39, 0.29) is 12.6 Å². The molecule has 1 aliphatic carbocycles. The normalized spacial score (nSPS) is 19.2. The second-order valence-electron chi connectivity index (χ2n) is 9.44. The molecule has 0 unspecified atom stereocenters. The fourth-order valence-corrected chi connectivity index (χ4v) is 6.03. The minimum Gasteiger partial charge on any atom is -0.458 e. The predicted octanol–water partition coefficient (Wildman–Crippen LogP) is 6.43. The molecule has 176 valence electrons. The number of carbonyl (C=O) groups excluding carboxylic acids is 1. The molecule has 5 nitrogen and oxygen atoms in total. The van der Waals surface area contributed by atoms with Gasteiger partial charge in [0.2, 0.25) is 0 Å². The molecule has 0 N–H and O–H groups in total. The number of rotatable bonds is 9. The molecule has 0 saturated heterocycles. The minimum absolute atomic E-state index is 0.0444. The van der Waals surface area contributed by atoms with Crippen LogP contribution in [0.1, 0.15) is 53.4 Å². The largest absolute Gasteiger partial charge is 0.458 e. The van der Waals surface area contributed by atoms with Crippen molar-refractivity contribution in [3.8, 4) is 11.3 Å². The molecule has 0 radical (unpaired) electrons. The second-order valence-corrected chi connectivity index (χ2v) is 11.8. The quantitative estimate of drug-likeness (QED) is 0.198. The Morgan fingerprint density at radius 3 is 2.44 bits per heavy atom. The molecule has 2 aromatic rings. The monoisotopic (exact) mass is 570 g/mol. The van der Waals surface area contributed by atoms with E-state index in [0.29, 0.717) is 18.4 Å². The van der Waals surface area contributed by atoms with Crippen LogP contribution in [0, 0.1) is 15.4 Å². The van der Waals surface area contributed by atoms with Crippen molar-refractivity contribution in [1.82, 2.24) is 9.78 Å². The van der Waals surface area contributed by atoms with Gasteiger partial charge in [-0.05, 0) is 86.6 Å². The Labute approximate surface area is 210 Å². The summed E-state index contributed by atoms with van der Waals surface area (Å²) < 4.78 is 14.5. The maximum Gasteiger partial charge on any atom is 0.332 e. The number of esters is 1. The third-order valence-electron chi connectivity index (χ3n) is 5.57. The van der Waals surface area contributed by atoms with Crippen LogP contribution in [0.3, 0.4) is 0 Å². The SMILES string of the molecule is CCSc1c(I)c(-c2ccccc2)nn1C[C@H]1CC[C@@H](COCC(=O)OC(C)(C)C)CC1. The van der Waals surface area contributed by atoms with Gasteiger partial charge in [-0.2, -0.15) is 5.10 Å². The van der Waals surface area contributed by atoms with Gasteiger partial charge < -0.3 is 9.47 Å². The number of ether oxygens (including phenoxy) is 2. The highest BCUT2D eigenvalue weighted by atomic mass is 127. The van der Waals surface area contributed by atoms with Gasteiger partial charge >= 0.3 is 5.97 Å². The molecule has 7 heteroatoms. The number of thioether (sulfide) groups is 1. The van der Waals surface area contributed by atoms with Crippen molar-refractivity contribution in [3.05, 3.63) is 33.9 Å². The van der Waals surface area contributed by atoms with Crippen LogP contribution in [0.2, 0.25) is 0 Å². The first-order valence-corrected chi connectivity index (χ1v) is 13.6. The Kier molecular flexibility index (Phi) is 9.49. The van der Waals surface area contributed by atoms with Crippen LogP contribution in [0.5, 0.6) is 0 Å². The Bertz CT molecular complexity index is 871. The maximum atomic E-state index is 11.8. The van der Waals surface area contributed by atoms with Crippen LogP contribution in [-0.4, -0.2) is 40.3 Å². The van der Waals surface area contributed by atoms with Gasteiger partial charge in [0, 0.05) is 12.1 Å². The molecular weight excluding hydrogens is 535 g/mol. The van der Waals surface area contributed by atoms with E-state index in [4.69, 9.17) is 14.6 Å². The van der Waals surface area contributed by atoms with E-state index in [1.165, 1.54) is 27.0 Å². The van der Waals surface area contributed by atoms with Crippen LogP contribution in [-0.2, 0) is 20.8 Å².